The van der Waals surface area contributed by atoms with Gasteiger partial charge in [-0.3, -0.25) is 4.90 Å². The highest BCUT2D eigenvalue weighted by Crippen LogP contribution is 2.21. The summed E-state index contributed by atoms with van der Waals surface area (Å²) in [7, 11) is 0. The number of aromatic nitrogens is 2. The van der Waals surface area contributed by atoms with Gasteiger partial charge in [0.15, 0.2) is 0 Å². The van der Waals surface area contributed by atoms with E-state index in [0.29, 0.717) is 6.04 Å². The number of nitrogens with zero attached hydrogens (tertiary/aromatic N) is 3. The van der Waals surface area contributed by atoms with Gasteiger partial charge in [0.1, 0.15) is 5.82 Å². The average molecular weight is 302 g/mol. The molecule has 2 aliphatic rings. The van der Waals surface area contributed by atoms with Crippen molar-refractivity contribution in [2.45, 2.75) is 18.7 Å². The summed E-state index contributed by atoms with van der Waals surface area (Å²) in [6.45, 7) is 4.42. The van der Waals surface area contributed by atoms with Crippen LogP contribution in [0.15, 0.2) is 36.5 Å². The van der Waals surface area contributed by atoms with Gasteiger partial charge in [0, 0.05) is 32.4 Å². The summed E-state index contributed by atoms with van der Waals surface area (Å²) >= 11 is 0. The van der Waals surface area contributed by atoms with Crippen LogP contribution in [0.3, 0.4) is 0 Å². The zero-order chi connectivity index (χ0) is 14.9. The Morgan fingerprint density at radius 3 is 2.95 bits per heavy atom. The fourth-order valence-corrected chi connectivity index (χ4v) is 3.33. The smallest absolute Gasteiger partial charge is 0.123 e. The first-order valence-electron chi connectivity index (χ1n) is 7.66. The summed E-state index contributed by atoms with van der Waals surface area (Å²) in [6, 6.07) is 8.89. The molecule has 1 N–H and O–H groups in total. The molecule has 2 fully saturated rings. The molecular weight excluding hydrogens is 283 g/mol. The normalized spacial score (nSPS) is 25.3. The number of fused-ring (bicyclic) bond motifs is 1. The van der Waals surface area contributed by atoms with Gasteiger partial charge < -0.3 is 10.1 Å². The number of morpholine rings is 1. The van der Waals surface area contributed by atoms with Crippen LogP contribution >= 0.6 is 0 Å². The lowest BCUT2D eigenvalue weighted by Crippen LogP contribution is -2.50. The number of halogens is 1. The Balaban J connectivity index is 1.56. The van der Waals surface area contributed by atoms with E-state index in [-0.39, 0.29) is 11.9 Å². The third kappa shape index (κ3) is 2.54. The van der Waals surface area contributed by atoms with Crippen LogP contribution in [0.1, 0.15) is 5.69 Å². The van der Waals surface area contributed by atoms with E-state index in [0.717, 1.165) is 44.2 Å². The van der Waals surface area contributed by atoms with Crippen molar-refractivity contribution < 1.29 is 9.13 Å². The second-order valence-electron chi connectivity index (χ2n) is 5.82. The summed E-state index contributed by atoms with van der Waals surface area (Å²) in [5, 5.41) is 7.78. The average Bonchev–Trinajstić information content (AvgIpc) is 3.17. The summed E-state index contributed by atoms with van der Waals surface area (Å²) in [5.74, 6) is -0.231. The Morgan fingerprint density at radius 1 is 1.23 bits per heavy atom. The molecule has 2 atom stereocenters. The predicted molar refractivity (Wildman–Crippen MR) is 80.3 cm³/mol. The lowest BCUT2D eigenvalue weighted by molar-refractivity contribution is -0.0506. The number of hydrogen-bond acceptors (Lipinski definition) is 4. The number of rotatable bonds is 3. The zero-order valence-corrected chi connectivity index (χ0v) is 12.3. The molecule has 0 radical (unpaired) electrons. The Kier molecular flexibility index (Phi) is 3.65. The second-order valence-corrected chi connectivity index (χ2v) is 5.82. The fourth-order valence-electron chi connectivity index (χ4n) is 3.33. The van der Waals surface area contributed by atoms with Crippen molar-refractivity contribution in [3.05, 3.63) is 48.0 Å². The molecule has 2 aliphatic heterocycles. The molecule has 1 aromatic carbocycles. The summed E-state index contributed by atoms with van der Waals surface area (Å²) in [6.07, 6.45) is 2.08. The van der Waals surface area contributed by atoms with Gasteiger partial charge in [0.25, 0.3) is 0 Å². The summed E-state index contributed by atoms with van der Waals surface area (Å²) < 4.78 is 20.8. The maximum Gasteiger partial charge on any atom is 0.123 e. The van der Waals surface area contributed by atoms with Gasteiger partial charge in [-0.15, -0.1) is 0 Å². The van der Waals surface area contributed by atoms with E-state index >= 15 is 0 Å². The first-order chi connectivity index (χ1) is 10.8. The highest BCUT2D eigenvalue weighted by atomic mass is 19.1. The van der Waals surface area contributed by atoms with Gasteiger partial charge in [-0.25, -0.2) is 9.07 Å². The topological polar surface area (TPSA) is 42.3 Å². The molecule has 116 valence electrons. The van der Waals surface area contributed by atoms with E-state index in [1.807, 2.05) is 10.7 Å². The largest absolute Gasteiger partial charge is 0.374 e. The van der Waals surface area contributed by atoms with Crippen molar-refractivity contribution in [2.24, 2.45) is 0 Å². The van der Waals surface area contributed by atoms with Gasteiger partial charge in [-0.2, -0.15) is 5.10 Å². The Hall–Kier alpha value is -1.76. The number of benzene rings is 1. The van der Waals surface area contributed by atoms with Crippen LogP contribution in [0, 0.1) is 5.82 Å². The minimum atomic E-state index is -0.231. The molecule has 22 heavy (non-hydrogen) atoms. The number of ether oxygens (including phenoxy) is 1. The number of nitrogens with one attached hydrogen (secondary N) is 1. The van der Waals surface area contributed by atoms with Crippen molar-refractivity contribution in [2.75, 3.05) is 26.2 Å². The van der Waals surface area contributed by atoms with Crippen LogP contribution < -0.4 is 5.32 Å². The van der Waals surface area contributed by atoms with Crippen molar-refractivity contribution in [3.8, 4) is 5.69 Å². The molecule has 0 unspecified atom stereocenters. The summed E-state index contributed by atoms with van der Waals surface area (Å²) in [4.78, 5) is 2.45. The van der Waals surface area contributed by atoms with Crippen molar-refractivity contribution in [1.82, 2.24) is 20.0 Å². The minimum Gasteiger partial charge on any atom is -0.374 e. The van der Waals surface area contributed by atoms with E-state index in [9.17, 15) is 4.39 Å². The van der Waals surface area contributed by atoms with E-state index in [2.05, 4.69) is 15.3 Å². The second kappa shape index (κ2) is 5.79. The molecule has 2 saturated heterocycles. The van der Waals surface area contributed by atoms with Gasteiger partial charge in [0.2, 0.25) is 0 Å². The van der Waals surface area contributed by atoms with Crippen LogP contribution in [0.5, 0.6) is 0 Å². The lowest BCUT2D eigenvalue weighted by atomic mass is 10.1. The molecule has 5 nitrogen and oxygen atoms in total. The maximum atomic E-state index is 13.1. The molecule has 0 aliphatic carbocycles. The van der Waals surface area contributed by atoms with Gasteiger partial charge in [0.05, 0.1) is 30.1 Å². The van der Waals surface area contributed by atoms with E-state index in [4.69, 9.17) is 4.74 Å². The van der Waals surface area contributed by atoms with E-state index < -0.39 is 0 Å². The van der Waals surface area contributed by atoms with Crippen molar-refractivity contribution >= 4 is 0 Å². The molecule has 0 bridgehead atoms. The first kappa shape index (κ1) is 13.9. The Labute approximate surface area is 128 Å². The monoisotopic (exact) mass is 302 g/mol. The molecule has 2 aromatic rings. The van der Waals surface area contributed by atoms with Gasteiger partial charge in [-0.1, -0.05) is 0 Å². The molecule has 0 amide bonds. The van der Waals surface area contributed by atoms with Crippen LogP contribution in [-0.2, 0) is 11.3 Å². The van der Waals surface area contributed by atoms with Gasteiger partial charge in [-0.05, 0) is 30.3 Å². The predicted octanol–water partition coefficient (Wildman–Crippen LogP) is 1.18. The summed E-state index contributed by atoms with van der Waals surface area (Å²) in [5.41, 5.74) is 2.00. The molecule has 0 spiro atoms. The van der Waals surface area contributed by atoms with Crippen molar-refractivity contribution in [3.63, 3.8) is 0 Å². The molecule has 4 rings (SSSR count). The Morgan fingerprint density at radius 2 is 2.09 bits per heavy atom. The third-order valence-corrected chi connectivity index (χ3v) is 4.46. The first-order valence-corrected chi connectivity index (χ1v) is 7.66. The van der Waals surface area contributed by atoms with E-state index in [1.54, 1.807) is 18.3 Å². The molecule has 0 saturated carbocycles. The quantitative estimate of drug-likeness (QED) is 0.925. The number of hydrogen-bond donors (Lipinski definition) is 1. The molecular formula is C16H19FN4O. The fraction of sp³-hybridized carbons (Fsp3) is 0.438. The minimum absolute atomic E-state index is 0.231. The highest BCUT2D eigenvalue weighted by Gasteiger charge is 2.36. The maximum absolute atomic E-state index is 13.1. The van der Waals surface area contributed by atoms with Crippen LogP contribution in [0.4, 0.5) is 4.39 Å². The zero-order valence-electron chi connectivity index (χ0n) is 12.3. The molecule has 6 heteroatoms. The van der Waals surface area contributed by atoms with Crippen LogP contribution in [-0.4, -0.2) is 53.1 Å². The van der Waals surface area contributed by atoms with E-state index in [1.165, 1.54) is 12.1 Å². The highest BCUT2D eigenvalue weighted by molar-refractivity contribution is 5.32. The van der Waals surface area contributed by atoms with Gasteiger partial charge >= 0.3 is 0 Å². The van der Waals surface area contributed by atoms with Crippen LogP contribution in [0.2, 0.25) is 0 Å². The third-order valence-electron chi connectivity index (χ3n) is 4.46. The molecule has 1 aromatic heterocycles. The van der Waals surface area contributed by atoms with Crippen molar-refractivity contribution in [1.29, 1.82) is 0 Å². The SMILES string of the molecule is Fc1ccc(-n2nccc2CN2CCO[C@H]3CNC[C@H]32)cc1. The Bertz CT molecular complexity index is 642. The van der Waals surface area contributed by atoms with Crippen LogP contribution in [0.25, 0.3) is 5.69 Å². The molecule has 3 heterocycles. The lowest BCUT2D eigenvalue weighted by Gasteiger charge is -2.36. The standard InChI is InChI=1S/C16H19FN4O/c17-12-1-3-13(4-2-12)21-14(5-6-19-21)11-20-7-8-22-16-10-18-9-15(16)20/h1-6,15-16,18H,7-11H2/t15-,16+/m1/s1.